The van der Waals surface area contributed by atoms with Crippen LogP contribution in [0.2, 0.25) is 0 Å². The number of ether oxygens (including phenoxy) is 7. The number of hydrogen-bond donors (Lipinski definition) is 0. The molecule has 6 amide bonds. The van der Waals surface area contributed by atoms with Crippen LogP contribution in [-0.4, -0.2) is 269 Å². The minimum atomic E-state index is -1.05. The van der Waals surface area contributed by atoms with E-state index in [1.165, 1.54) is 47.8 Å². The number of carbonyl (C=O) groups is 18. The SMILES string of the molecule is CCN(CC)C(=O)C(=O)COC(=O)/C=C/C(=O)OCC(=O)C(=O)N(CC)CC.CN(C)C(=O)C(=O)COC(=O)/C=C/C(=O)OCC(=O)C(=O)N(C)C.O=C(/C=C/C(=O)OCC(=O)C(=O)N1CCOCC1)OCC(=O)C(=O)N1CCCCC1. The van der Waals surface area contributed by atoms with Gasteiger partial charge in [0.25, 0.3) is 70.1 Å². The molecular formula is C51H68N6O25. The van der Waals surface area contributed by atoms with Crippen molar-refractivity contribution < 1.29 is 119 Å². The molecule has 2 aliphatic heterocycles. The van der Waals surface area contributed by atoms with Gasteiger partial charge in [0.1, 0.15) is 0 Å². The van der Waals surface area contributed by atoms with Gasteiger partial charge in [0.05, 0.1) is 13.2 Å². The molecule has 2 aliphatic rings. The third-order valence-corrected chi connectivity index (χ3v) is 10.4. The Kier molecular flexibility index (Phi) is 35.6. The molecule has 0 saturated carbocycles. The minimum absolute atomic E-state index is 0.281. The molecule has 0 aromatic carbocycles. The van der Waals surface area contributed by atoms with E-state index in [1.807, 2.05) is 0 Å². The predicted octanol–water partition coefficient (Wildman–Crippen LogP) is -3.91. The van der Waals surface area contributed by atoms with E-state index in [4.69, 9.17) is 4.74 Å². The lowest BCUT2D eigenvalue weighted by molar-refractivity contribution is -0.153. The van der Waals surface area contributed by atoms with Gasteiger partial charge in [-0.05, 0) is 47.0 Å². The lowest BCUT2D eigenvalue weighted by atomic mass is 10.1. The maximum atomic E-state index is 11.9. The van der Waals surface area contributed by atoms with Crippen LogP contribution in [0.3, 0.4) is 0 Å². The maximum absolute atomic E-state index is 11.9. The van der Waals surface area contributed by atoms with Crippen LogP contribution in [0.5, 0.6) is 0 Å². The average Bonchev–Trinajstić information content (AvgIpc) is 3.47. The molecule has 0 aromatic rings. The van der Waals surface area contributed by atoms with Crippen molar-refractivity contribution in [2.24, 2.45) is 0 Å². The van der Waals surface area contributed by atoms with E-state index in [9.17, 15) is 86.3 Å². The second-order valence-electron chi connectivity index (χ2n) is 16.8. The number of morpholine rings is 1. The van der Waals surface area contributed by atoms with Crippen LogP contribution in [0, 0.1) is 0 Å². The molecule has 2 saturated heterocycles. The molecule has 31 nitrogen and oxygen atoms in total. The monoisotopic (exact) mass is 1160 g/mol. The molecule has 0 bridgehead atoms. The van der Waals surface area contributed by atoms with Crippen LogP contribution in [0.1, 0.15) is 47.0 Å². The lowest BCUT2D eigenvalue weighted by Crippen LogP contribution is -2.45. The summed E-state index contributed by atoms with van der Waals surface area (Å²) in [6, 6.07) is 0. The number of hydrogen-bond acceptors (Lipinski definition) is 25. The van der Waals surface area contributed by atoms with Gasteiger partial charge in [0.2, 0.25) is 0 Å². The van der Waals surface area contributed by atoms with Crippen molar-refractivity contribution in [1.29, 1.82) is 0 Å². The van der Waals surface area contributed by atoms with Crippen molar-refractivity contribution in [1.82, 2.24) is 29.4 Å². The summed E-state index contributed by atoms with van der Waals surface area (Å²) in [5, 5.41) is 0. The first-order valence-corrected chi connectivity index (χ1v) is 25.1. The Bertz CT molecular complexity index is 2290. The summed E-state index contributed by atoms with van der Waals surface area (Å²) in [7, 11) is 5.45. The number of ketones is 6. The van der Waals surface area contributed by atoms with Gasteiger partial charge in [-0.3, -0.25) is 57.5 Å². The summed E-state index contributed by atoms with van der Waals surface area (Å²) in [5.41, 5.74) is 0. The first-order valence-electron chi connectivity index (χ1n) is 25.1. The standard InChI is InChI=1S/C19H24N2O9.C18H26N2O8.C14H18N2O8/c22-14(18(26)20-6-2-1-3-7-20)12-29-16(24)4-5-17(25)30-13-15(23)19(27)21-8-10-28-11-9-21;1-5-19(6-2)17(25)13(21)11-27-15(23)9-10-16(24)28-12-14(22)18(26)20(7-3)8-4;1-15(2)13(21)9(17)7-23-11(19)5-6-12(20)24-8-10(18)14(22)16(3)4/h4-5H,1-3,6-13H2;9-10H,5-8,11-12H2,1-4H3;5-6H,7-8H2,1-4H3/b5-4+;10-9+;6-5+. The molecule has 0 aromatic heterocycles. The second-order valence-corrected chi connectivity index (χ2v) is 16.8. The third-order valence-electron chi connectivity index (χ3n) is 10.4. The molecule has 0 atom stereocenters. The highest BCUT2D eigenvalue weighted by Gasteiger charge is 2.27. The van der Waals surface area contributed by atoms with Crippen LogP contribution in [0.4, 0.5) is 0 Å². The van der Waals surface area contributed by atoms with Crippen molar-refractivity contribution in [2.75, 3.05) is 133 Å². The zero-order valence-electron chi connectivity index (χ0n) is 46.8. The first-order chi connectivity index (χ1) is 38.6. The van der Waals surface area contributed by atoms with Crippen LogP contribution in [0.25, 0.3) is 0 Å². The van der Waals surface area contributed by atoms with Gasteiger partial charge in [-0.25, -0.2) is 28.8 Å². The predicted molar refractivity (Wildman–Crippen MR) is 274 cm³/mol. The summed E-state index contributed by atoms with van der Waals surface area (Å²) in [6.07, 6.45) is 6.75. The fourth-order valence-electron chi connectivity index (χ4n) is 5.98. The Hall–Kier alpha value is -9.16. The molecular weight excluding hydrogens is 1100 g/mol. The van der Waals surface area contributed by atoms with Gasteiger partial charge in [-0.15, -0.1) is 0 Å². The van der Waals surface area contributed by atoms with Crippen LogP contribution >= 0.6 is 0 Å². The fourth-order valence-corrected chi connectivity index (χ4v) is 5.98. The number of likely N-dealkylation sites (N-methyl/N-ethyl adjacent to an activating group) is 4. The number of piperidine rings is 1. The normalized spacial score (nSPS) is 12.6. The Morgan fingerprint density at radius 3 is 0.817 bits per heavy atom. The fraction of sp³-hybridized carbons (Fsp3) is 0.529. The summed E-state index contributed by atoms with van der Waals surface area (Å²) in [4.78, 5) is 215. The highest BCUT2D eigenvalue weighted by Crippen LogP contribution is 2.09. The lowest BCUT2D eigenvalue weighted by Gasteiger charge is -2.25. The Morgan fingerprint density at radius 1 is 0.341 bits per heavy atom. The van der Waals surface area contributed by atoms with E-state index < -0.39 is 146 Å². The van der Waals surface area contributed by atoms with Crippen LogP contribution in [0.15, 0.2) is 36.5 Å². The molecule has 0 aliphatic carbocycles. The smallest absolute Gasteiger partial charge is 0.331 e. The zero-order chi connectivity index (χ0) is 62.5. The number of likely N-dealkylation sites (tertiary alicyclic amines) is 1. The Morgan fingerprint density at radius 2 is 0.573 bits per heavy atom. The van der Waals surface area contributed by atoms with E-state index >= 15 is 0 Å². The molecule has 0 N–H and O–H groups in total. The van der Waals surface area contributed by atoms with E-state index in [0.29, 0.717) is 88.9 Å². The van der Waals surface area contributed by atoms with Gasteiger partial charge >= 0.3 is 35.8 Å². The topological polar surface area (TPSA) is 391 Å². The first kappa shape index (κ1) is 72.8. The zero-order valence-corrected chi connectivity index (χ0v) is 46.8. The van der Waals surface area contributed by atoms with Crippen molar-refractivity contribution >= 4 is 106 Å². The Labute approximate surface area is 470 Å². The van der Waals surface area contributed by atoms with E-state index in [2.05, 4.69) is 28.4 Å². The molecule has 0 unspecified atom stereocenters. The quantitative estimate of drug-likeness (QED) is 0.0313. The summed E-state index contributed by atoms with van der Waals surface area (Å²) in [6.45, 7) is 5.84. The molecule has 452 valence electrons. The highest BCUT2D eigenvalue weighted by molar-refractivity contribution is 6.39. The third kappa shape index (κ3) is 29.7. The van der Waals surface area contributed by atoms with Gasteiger partial charge in [-0.1, -0.05) is 0 Å². The van der Waals surface area contributed by atoms with Crippen molar-refractivity contribution in [3.05, 3.63) is 36.5 Å². The number of esters is 6. The largest absolute Gasteiger partial charge is 0.454 e. The number of carbonyl (C=O) groups excluding carboxylic acids is 18. The molecule has 2 fully saturated rings. The van der Waals surface area contributed by atoms with Crippen LogP contribution in [-0.2, 0) is 119 Å². The highest BCUT2D eigenvalue weighted by atomic mass is 16.6. The molecule has 0 spiro atoms. The summed E-state index contributed by atoms with van der Waals surface area (Å²) < 4.78 is 32.4. The molecule has 2 rings (SSSR count). The molecule has 2 heterocycles. The van der Waals surface area contributed by atoms with Gasteiger partial charge in [0.15, 0.2) is 39.6 Å². The van der Waals surface area contributed by atoms with Gasteiger partial charge in [-0.2, -0.15) is 0 Å². The number of amides is 6. The summed E-state index contributed by atoms with van der Waals surface area (Å²) >= 11 is 0. The van der Waals surface area contributed by atoms with Gasteiger partial charge in [0, 0.05) is 117 Å². The van der Waals surface area contributed by atoms with Crippen LogP contribution < -0.4 is 0 Å². The molecule has 0 radical (unpaired) electrons. The Balaban J connectivity index is 0.00000121. The molecule has 31 heteroatoms. The number of rotatable bonds is 28. The average molecular weight is 1170 g/mol. The van der Waals surface area contributed by atoms with E-state index in [-0.39, 0.29) is 13.1 Å². The molecule has 82 heavy (non-hydrogen) atoms. The van der Waals surface area contributed by atoms with E-state index in [1.54, 1.807) is 27.7 Å². The minimum Gasteiger partial charge on any atom is -0.454 e. The van der Waals surface area contributed by atoms with Crippen molar-refractivity contribution in [2.45, 2.75) is 47.0 Å². The number of nitrogens with zero attached hydrogens (tertiary/aromatic N) is 6. The maximum Gasteiger partial charge on any atom is 0.331 e. The second kappa shape index (κ2) is 40.1. The summed E-state index contributed by atoms with van der Waals surface area (Å²) in [5.74, 6) is -16.3. The van der Waals surface area contributed by atoms with E-state index in [0.717, 1.165) is 29.1 Å². The van der Waals surface area contributed by atoms with Crippen molar-refractivity contribution in [3.8, 4) is 0 Å². The van der Waals surface area contributed by atoms with Crippen molar-refractivity contribution in [3.63, 3.8) is 0 Å². The number of Topliss-reactive ketones (excluding diaryl/α,β-unsaturated/α-hetero) is 6. The van der Waals surface area contributed by atoms with Gasteiger partial charge < -0.3 is 62.6 Å².